The number of ether oxygens (including phenoxy) is 3. The molecule has 0 spiro atoms. The Kier molecular flexibility index (Phi) is 6.82. The SMILES string of the molecule is CCOC(=O)C1=C(C)NC2=C(C(=O)CCC2)[C@@H]1c1ccc(OCc2ccccc2)c(OC)c1. The van der Waals surface area contributed by atoms with Crippen molar-refractivity contribution < 1.29 is 23.8 Å². The van der Waals surface area contributed by atoms with Crippen LogP contribution in [0.25, 0.3) is 0 Å². The van der Waals surface area contributed by atoms with Crippen LogP contribution in [0.5, 0.6) is 11.5 Å². The highest BCUT2D eigenvalue weighted by atomic mass is 16.5. The molecule has 1 aliphatic heterocycles. The predicted molar refractivity (Wildman–Crippen MR) is 125 cm³/mol. The first kappa shape index (κ1) is 22.6. The molecule has 0 amide bonds. The lowest BCUT2D eigenvalue weighted by Gasteiger charge is -2.34. The summed E-state index contributed by atoms with van der Waals surface area (Å²) in [6.45, 7) is 4.30. The van der Waals surface area contributed by atoms with Crippen LogP contribution in [0.4, 0.5) is 0 Å². The highest BCUT2D eigenvalue weighted by Gasteiger charge is 2.39. The smallest absolute Gasteiger partial charge is 0.336 e. The fraction of sp³-hybridized carbons (Fsp3) is 0.333. The highest BCUT2D eigenvalue weighted by Crippen LogP contribution is 2.44. The van der Waals surface area contributed by atoms with Crippen molar-refractivity contribution in [3.05, 3.63) is 82.2 Å². The third-order valence-electron chi connectivity index (χ3n) is 6.03. The summed E-state index contributed by atoms with van der Waals surface area (Å²) in [6.07, 6.45) is 2.05. The molecular weight excluding hydrogens is 418 g/mol. The molecule has 1 atom stereocenters. The summed E-state index contributed by atoms with van der Waals surface area (Å²) in [7, 11) is 1.58. The fourth-order valence-electron chi connectivity index (χ4n) is 4.51. The lowest BCUT2D eigenvalue weighted by molar-refractivity contribution is -0.138. The molecular formula is C27H29NO5. The van der Waals surface area contributed by atoms with Crippen molar-refractivity contribution in [3.63, 3.8) is 0 Å². The molecule has 2 aliphatic rings. The first-order valence-corrected chi connectivity index (χ1v) is 11.3. The molecule has 33 heavy (non-hydrogen) atoms. The highest BCUT2D eigenvalue weighted by molar-refractivity contribution is 6.03. The van der Waals surface area contributed by atoms with Crippen molar-refractivity contribution in [3.8, 4) is 11.5 Å². The van der Waals surface area contributed by atoms with Crippen molar-refractivity contribution in [2.24, 2.45) is 0 Å². The molecule has 0 bridgehead atoms. The number of hydrogen-bond donors (Lipinski definition) is 1. The van der Waals surface area contributed by atoms with Gasteiger partial charge in [0.1, 0.15) is 6.61 Å². The van der Waals surface area contributed by atoms with Gasteiger partial charge in [-0.1, -0.05) is 36.4 Å². The number of benzene rings is 2. The molecule has 6 heteroatoms. The van der Waals surface area contributed by atoms with Crippen molar-refractivity contribution in [1.82, 2.24) is 5.32 Å². The van der Waals surface area contributed by atoms with Gasteiger partial charge in [0.15, 0.2) is 17.3 Å². The second-order valence-corrected chi connectivity index (χ2v) is 8.17. The molecule has 0 radical (unpaired) electrons. The number of allylic oxidation sites excluding steroid dienone is 3. The number of carbonyl (C=O) groups is 2. The fourth-order valence-corrected chi connectivity index (χ4v) is 4.51. The lowest BCUT2D eigenvalue weighted by Crippen LogP contribution is -2.34. The van der Waals surface area contributed by atoms with Crippen molar-refractivity contribution in [2.45, 2.75) is 45.6 Å². The molecule has 172 valence electrons. The van der Waals surface area contributed by atoms with E-state index in [4.69, 9.17) is 14.2 Å². The van der Waals surface area contributed by atoms with E-state index in [1.165, 1.54) is 0 Å². The number of Topliss-reactive ketones (excluding diaryl/α,β-unsaturated/α-hetero) is 1. The van der Waals surface area contributed by atoms with Gasteiger partial charge in [0.25, 0.3) is 0 Å². The van der Waals surface area contributed by atoms with Gasteiger partial charge in [-0.3, -0.25) is 4.79 Å². The summed E-state index contributed by atoms with van der Waals surface area (Å²) < 4.78 is 17.0. The minimum atomic E-state index is -0.509. The van der Waals surface area contributed by atoms with Crippen LogP contribution >= 0.6 is 0 Å². The zero-order valence-corrected chi connectivity index (χ0v) is 19.3. The van der Waals surface area contributed by atoms with Gasteiger partial charge in [-0.2, -0.15) is 0 Å². The first-order chi connectivity index (χ1) is 16.0. The van der Waals surface area contributed by atoms with Gasteiger partial charge in [0.05, 0.1) is 19.3 Å². The van der Waals surface area contributed by atoms with E-state index in [0.29, 0.717) is 35.7 Å². The quantitative estimate of drug-likeness (QED) is 0.615. The summed E-state index contributed by atoms with van der Waals surface area (Å²) in [5.41, 5.74) is 4.57. The standard InChI is InChI=1S/C27H29NO5/c1-4-32-27(30)24-17(2)28-20-11-8-12-21(29)26(20)25(24)19-13-14-22(23(15-19)31-3)33-16-18-9-6-5-7-10-18/h5-7,9-10,13-15,25,28H,4,8,11-12,16H2,1-3H3/t25-/m1/s1. The van der Waals surface area contributed by atoms with E-state index in [0.717, 1.165) is 35.4 Å². The average molecular weight is 448 g/mol. The molecule has 0 saturated carbocycles. The van der Waals surface area contributed by atoms with Gasteiger partial charge in [0.2, 0.25) is 0 Å². The van der Waals surface area contributed by atoms with Crippen molar-refractivity contribution in [2.75, 3.05) is 13.7 Å². The van der Waals surface area contributed by atoms with Crippen molar-refractivity contribution in [1.29, 1.82) is 0 Å². The molecule has 6 nitrogen and oxygen atoms in total. The van der Waals surface area contributed by atoms with Crippen LogP contribution in [-0.2, 0) is 20.9 Å². The number of rotatable bonds is 7. The summed E-state index contributed by atoms with van der Waals surface area (Å²) in [6, 6.07) is 15.5. The molecule has 0 saturated heterocycles. The van der Waals surface area contributed by atoms with Crippen LogP contribution in [0.1, 0.15) is 50.2 Å². The van der Waals surface area contributed by atoms with Gasteiger partial charge < -0.3 is 19.5 Å². The number of carbonyl (C=O) groups excluding carboxylic acids is 2. The molecule has 1 N–H and O–H groups in total. The maximum absolute atomic E-state index is 13.0. The Balaban J connectivity index is 1.73. The van der Waals surface area contributed by atoms with Crippen LogP contribution in [-0.4, -0.2) is 25.5 Å². The predicted octanol–water partition coefficient (Wildman–Crippen LogP) is 4.81. The largest absolute Gasteiger partial charge is 0.493 e. The maximum atomic E-state index is 13.0. The Hall–Kier alpha value is -3.54. The van der Waals surface area contributed by atoms with Crippen LogP contribution < -0.4 is 14.8 Å². The third kappa shape index (κ3) is 4.65. The Morgan fingerprint density at radius 2 is 1.88 bits per heavy atom. The van der Waals surface area contributed by atoms with Crippen LogP contribution in [0.3, 0.4) is 0 Å². The Morgan fingerprint density at radius 1 is 1.09 bits per heavy atom. The molecule has 0 unspecified atom stereocenters. The zero-order chi connectivity index (χ0) is 23.4. The van der Waals surface area contributed by atoms with Crippen LogP contribution in [0.15, 0.2) is 71.1 Å². The van der Waals surface area contributed by atoms with Gasteiger partial charge in [-0.25, -0.2) is 4.79 Å². The molecule has 1 aliphatic carbocycles. The number of dihydropyridines is 1. The van der Waals surface area contributed by atoms with Gasteiger partial charge >= 0.3 is 5.97 Å². The van der Waals surface area contributed by atoms with Gasteiger partial charge in [0, 0.05) is 29.3 Å². The van der Waals surface area contributed by atoms with E-state index in [-0.39, 0.29) is 12.4 Å². The van der Waals surface area contributed by atoms with Crippen molar-refractivity contribution >= 4 is 11.8 Å². The van der Waals surface area contributed by atoms with E-state index in [1.54, 1.807) is 14.0 Å². The summed E-state index contributed by atoms with van der Waals surface area (Å²) in [4.78, 5) is 25.9. The third-order valence-corrected chi connectivity index (χ3v) is 6.03. The average Bonchev–Trinajstić information content (AvgIpc) is 2.82. The second kappa shape index (κ2) is 9.94. The number of esters is 1. The maximum Gasteiger partial charge on any atom is 0.336 e. The van der Waals surface area contributed by atoms with Crippen LogP contribution in [0, 0.1) is 0 Å². The second-order valence-electron chi connectivity index (χ2n) is 8.17. The molecule has 0 aromatic heterocycles. The zero-order valence-electron chi connectivity index (χ0n) is 19.3. The Labute approximate surface area is 194 Å². The minimum Gasteiger partial charge on any atom is -0.493 e. The minimum absolute atomic E-state index is 0.0615. The number of ketones is 1. The first-order valence-electron chi connectivity index (χ1n) is 11.3. The Bertz CT molecular complexity index is 1120. The molecule has 1 heterocycles. The van der Waals surface area contributed by atoms with E-state index < -0.39 is 11.9 Å². The number of nitrogens with one attached hydrogen (secondary N) is 1. The molecule has 2 aromatic carbocycles. The van der Waals surface area contributed by atoms with Gasteiger partial charge in [-0.05, 0) is 49.9 Å². The topological polar surface area (TPSA) is 73.9 Å². The van der Waals surface area contributed by atoms with Crippen LogP contribution in [0.2, 0.25) is 0 Å². The monoisotopic (exact) mass is 447 g/mol. The summed E-state index contributed by atoms with van der Waals surface area (Å²) in [5.74, 6) is 0.284. The van der Waals surface area contributed by atoms with E-state index in [1.807, 2.05) is 55.5 Å². The van der Waals surface area contributed by atoms with E-state index in [2.05, 4.69) is 5.32 Å². The normalized spacial score (nSPS) is 17.9. The molecule has 0 fully saturated rings. The summed E-state index contributed by atoms with van der Waals surface area (Å²) >= 11 is 0. The molecule has 2 aromatic rings. The number of hydrogen-bond acceptors (Lipinski definition) is 6. The summed E-state index contributed by atoms with van der Waals surface area (Å²) in [5, 5.41) is 3.30. The van der Waals surface area contributed by atoms with Gasteiger partial charge in [-0.15, -0.1) is 0 Å². The Morgan fingerprint density at radius 3 is 2.61 bits per heavy atom. The van der Waals surface area contributed by atoms with E-state index in [9.17, 15) is 9.59 Å². The molecule has 4 rings (SSSR count). The lowest BCUT2D eigenvalue weighted by atomic mass is 9.75. The number of methoxy groups -OCH3 is 1. The van der Waals surface area contributed by atoms with E-state index >= 15 is 0 Å².